The molecule has 0 aliphatic heterocycles. The maximum Gasteiger partial charge on any atom is 0.0766 e. The van der Waals surface area contributed by atoms with Gasteiger partial charge in [-0.2, -0.15) is 0 Å². The van der Waals surface area contributed by atoms with Gasteiger partial charge in [0, 0.05) is 17.5 Å². The third-order valence-corrected chi connectivity index (χ3v) is 4.40. The van der Waals surface area contributed by atoms with Crippen molar-refractivity contribution in [3.05, 3.63) is 22.4 Å². The van der Waals surface area contributed by atoms with E-state index < -0.39 is 5.60 Å². The molecule has 98 valence electrons. The Labute approximate surface area is 109 Å². The van der Waals surface area contributed by atoms with Crippen LogP contribution in [0.15, 0.2) is 17.5 Å². The predicted molar refractivity (Wildman–Crippen MR) is 75.4 cm³/mol. The zero-order chi connectivity index (χ0) is 13.1. The first-order valence-electron chi connectivity index (χ1n) is 6.33. The minimum atomic E-state index is -0.648. The van der Waals surface area contributed by atoms with E-state index in [1.807, 2.05) is 6.92 Å². The molecule has 0 radical (unpaired) electrons. The lowest BCUT2D eigenvalue weighted by molar-refractivity contribution is 0.0105. The highest BCUT2D eigenvalue weighted by Gasteiger charge is 2.27. The molecule has 0 spiro atoms. The Morgan fingerprint density at radius 2 is 2.00 bits per heavy atom. The number of thiophene rings is 1. The van der Waals surface area contributed by atoms with E-state index in [9.17, 15) is 5.11 Å². The molecule has 1 aromatic rings. The van der Waals surface area contributed by atoms with E-state index in [2.05, 4.69) is 50.5 Å². The van der Waals surface area contributed by atoms with Gasteiger partial charge in [-0.1, -0.05) is 33.8 Å². The van der Waals surface area contributed by atoms with Crippen molar-refractivity contribution in [2.75, 3.05) is 6.54 Å². The lowest BCUT2D eigenvalue weighted by Gasteiger charge is -2.31. The molecule has 17 heavy (non-hydrogen) atoms. The van der Waals surface area contributed by atoms with Crippen molar-refractivity contribution in [1.29, 1.82) is 0 Å². The minimum Gasteiger partial charge on any atom is -0.389 e. The molecule has 2 N–H and O–H groups in total. The summed E-state index contributed by atoms with van der Waals surface area (Å²) in [5, 5.41) is 15.9. The first-order valence-corrected chi connectivity index (χ1v) is 7.21. The molecule has 0 saturated heterocycles. The van der Waals surface area contributed by atoms with Crippen LogP contribution in [0.5, 0.6) is 0 Å². The summed E-state index contributed by atoms with van der Waals surface area (Å²) in [6.45, 7) is 11.1. The lowest BCUT2D eigenvalue weighted by Crippen LogP contribution is -2.44. The highest BCUT2D eigenvalue weighted by molar-refractivity contribution is 7.10. The summed E-state index contributed by atoms with van der Waals surface area (Å²) >= 11 is 1.77. The van der Waals surface area contributed by atoms with Crippen molar-refractivity contribution in [3.63, 3.8) is 0 Å². The molecule has 2 nitrogen and oxygen atoms in total. The number of aliphatic hydroxyl groups is 1. The van der Waals surface area contributed by atoms with Crippen molar-refractivity contribution < 1.29 is 5.11 Å². The number of hydrogen-bond acceptors (Lipinski definition) is 3. The summed E-state index contributed by atoms with van der Waals surface area (Å²) < 4.78 is 0. The average Bonchev–Trinajstić information content (AvgIpc) is 2.70. The molecule has 0 bridgehead atoms. The number of rotatable bonds is 6. The Hall–Kier alpha value is -0.380. The fourth-order valence-corrected chi connectivity index (χ4v) is 2.63. The van der Waals surface area contributed by atoms with Crippen LogP contribution >= 0.6 is 11.3 Å². The van der Waals surface area contributed by atoms with E-state index >= 15 is 0 Å². The van der Waals surface area contributed by atoms with Gasteiger partial charge >= 0.3 is 0 Å². The summed E-state index contributed by atoms with van der Waals surface area (Å²) in [7, 11) is 0. The molecule has 1 rings (SSSR count). The maximum atomic E-state index is 10.3. The highest BCUT2D eigenvalue weighted by Crippen LogP contribution is 2.26. The minimum absolute atomic E-state index is 0.256. The second-order valence-electron chi connectivity index (χ2n) is 5.63. The molecule has 3 heteroatoms. The standard InChI is InChI=1S/C14H25NOS/c1-10(2)13(12-7-6-8-17-12)15-9-14(5,16)11(3)4/h6-8,10-11,13,15-16H,9H2,1-5H3. The Morgan fingerprint density at radius 1 is 1.35 bits per heavy atom. The molecule has 0 aliphatic carbocycles. The lowest BCUT2D eigenvalue weighted by atomic mass is 9.91. The van der Waals surface area contributed by atoms with Gasteiger partial charge in [-0.15, -0.1) is 11.3 Å². The van der Waals surface area contributed by atoms with Crippen LogP contribution < -0.4 is 5.32 Å². The van der Waals surface area contributed by atoms with Gasteiger partial charge in [0.15, 0.2) is 0 Å². The van der Waals surface area contributed by atoms with Crippen LogP contribution in [0, 0.1) is 11.8 Å². The summed E-state index contributed by atoms with van der Waals surface area (Å²) in [4.78, 5) is 1.35. The van der Waals surface area contributed by atoms with E-state index in [0.29, 0.717) is 18.5 Å². The van der Waals surface area contributed by atoms with Crippen molar-refractivity contribution in [2.24, 2.45) is 11.8 Å². The summed E-state index contributed by atoms with van der Waals surface area (Å²) in [5.41, 5.74) is -0.648. The zero-order valence-corrected chi connectivity index (χ0v) is 12.3. The summed E-state index contributed by atoms with van der Waals surface area (Å²) in [5.74, 6) is 0.780. The van der Waals surface area contributed by atoms with Gasteiger partial charge in [0.2, 0.25) is 0 Å². The van der Waals surface area contributed by atoms with Gasteiger partial charge < -0.3 is 10.4 Å². The maximum absolute atomic E-state index is 10.3. The molecular formula is C14H25NOS. The van der Waals surface area contributed by atoms with Gasteiger partial charge in [0.1, 0.15) is 0 Å². The molecule has 0 amide bonds. The first-order chi connectivity index (χ1) is 7.84. The van der Waals surface area contributed by atoms with Gasteiger partial charge in [0.25, 0.3) is 0 Å². The van der Waals surface area contributed by atoms with Crippen molar-refractivity contribution in [3.8, 4) is 0 Å². The monoisotopic (exact) mass is 255 g/mol. The van der Waals surface area contributed by atoms with Crippen LogP contribution in [-0.2, 0) is 0 Å². The second-order valence-corrected chi connectivity index (χ2v) is 6.61. The van der Waals surface area contributed by atoms with Crippen LogP contribution in [0.4, 0.5) is 0 Å². The third kappa shape index (κ3) is 4.09. The summed E-state index contributed by atoms with van der Waals surface area (Å²) in [6, 6.07) is 4.57. The Kier molecular flexibility index (Phi) is 5.17. The van der Waals surface area contributed by atoms with Gasteiger partial charge in [-0.3, -0.25) is 0 Å². The smallest absolute Gasteiger partial charge is 0.0766 e. The van der Waals surface area contributed by atoms with Crippen LogP contribution in [-0.4, -0.2) is 17.3 Å². The molecule has 0 aromatic carbocycles. The van der Waals surface area contributed by atoms with Crippen LogP contribution in [0.1, 0.15) is 45.5 Å². The van der Waals surface area contributed by atoms with E-state index in [1.54, 1.807) is 11.3 Å². The Balaban J connectivity index is 2.64. The van der Waals surface area contributed by atoms with E-state index in [-0.39, 0.29) is 5.92 Å². The number of hydrogen-bond donors (Lipinski definition) is 2. The Morgan fingerprint density at radius 3 is 2.41 bits per heavy atom. The predicted octanol–water partition coefficient (Wildman–Crippen LogP) is 3.44. The van der Waals surface area contributed by atoms with Gasteiger partial charge in [-0.05, 0) is 30.2 Å². The van der Waals surface area contributed by atoms with E-state index in [4.69, 9.17) is 0 Å². The molecule has 1 aromatic heterocycles. The largest absolute Gasteiger partial charge is 0.389 e. The second kappa shape index (κ2) is 5.98. The molecule has 0 saturated carbocycles. The fourth-order valence-electron chi connectivity index (χ4n) is 1.65. The summed E-state index contributed by atoms with van der Waals surface area (Å²) in [6.07, 6.45) is 0. The fraction of sp³-hybridized carbons (Fsp3) is 0.714. The normalized spacial score (nSPS) is 17.4. The average molecular weight is 255 g/mol. The first kappa shape index (κ1) is 14.7. The van der Waals surface area contributed by atoms with Crippen molar-refractivity contribution in [2.45, 2.75) is 46.3 Å². The molecule has 2 atom stereocenters. The van der Waals surface area contributed by atoms with E-state index in [1.165, 1.54) is 4.88 Å². The van der Waals surface area contributed by atoms with E-state index in [0.717, 1.165) is 0 Å². The molecular weight excluding hydrogens is 230 g/mol. The van der Waals surface area contributed by atoms with Crippen LogP contribution in [0.25, 0.3) is 0 Å². The highest BCUT2D eigenvalue weighted by atomic mass is 32.1. The molecule has 0 aliphatic rings. The van der Waals surface area contributed by atoms with Crippen molar-refractivity contribution in [1.82, 2.24) is 5.32 Å². The zero-order valence-electron chi connectivity index (χ0n) is 11.5. The quantitative estimate of drug-likeness (QED) is 0.816. The molecule has 2 unspecified atom stereocenters. The van der Waals surface area contributed by atoms with Gasteiger partial charge in [0.05, 0.1) is 5.60 Å². The van der Waals surface area contributed by atoms with Crippen LogP contribution in [0.2, 0.25) is 0 Å². The van der Waals surface area contributed by atoms with Crippen molar-refractivity contribution >= 4 is 11.3 Å². The number of nitrogens with one attached hydrogen (secondary N) is 1. The van der Waals surface area contributed by atoms with Crippen LogP contribution in [0.3, 0.4) is 0 Å². The topological polar surface area (TPSA) is 32.3 Å². The third-order valence-electron chi connectivity index (χ3n) is 3.44. The Bertz CT molecular complexity index is 317. The molecule has 1 heterocycles. The van der Waals surface area contributed by atoms with Gasteiger partial charge in [-0.25, -0.2) is 0 Å². The molecule has 0 fully saturated rings. The SMILES string of the molecule is CC(C)C(NCC(C)(O)C(C)C)c1cccs1.